The quantitative estimate of drug-likeness (QED) is 0.770. The number of hydrogen-bond acceptors (Lipinski definition) is 3. The summed E-state index contributed by atoms with van der Waals surface area (Å²) in [5, 5.41) is 0. The molecule has 1 aliphatic rings. The standard InChI is InChI=1S/C21H33N3O2.ClH/c1-4-5-13-23(3)21(26)18-11-14-24(15-12-18)20(25)16(2)19(22)17-9-7-6-8-10-17;/h6-10,16,18-19H,4-5,11-15,22H2,1-3H3;1H. The minimum atomic E-state index is -0.303. The highest BCUT2D eigenvalue weighted by Gasteiger charge is 2.32. The Hall–Kier alpha value is -1.59. The number of likely N-dealkylation sites (tertiary alicyclic amines) is 1. The first-order chi connectivity index (χ1) is 12.5. The number of halogens is 1. The van der Waals surface area contributed by atoms with Gasteiger partial charge in [-0.25, -0.2) is 0 Å². The van der Waals surface area contributed by atoms with Crippen LogP contribution in [0.25, 0.3) is 0 Å². The fourth-order valence-corrected chi connectivity index (χ4v) is 3.57. The second-order valence-electron chi connectivity index (χ2n) is 7.44. The number of nitrogens with two attached hydrogens (primary N) is 1. The summed E-state index contributed by atoms with van der Waals surface area (Å²) in [5.41, 5.74) is 7.28. The number of amides is 2. The molecule has 2 unspecified atom stereocenters. The molecule has 27 heavy (non-hydrogen) atoms. The average molecular weight is 396 g/mol. The fourth-order valence-electron chi connectivity index (χ4n) is 3.57. The molecule has 0 radical (unpaired) electrons. The maximum absolute atomic E-state index is 12.8. The van der Waals surface area contributed by atoms with Gasteiger partial charge in [-0.3, -0.25) is 9.59 Å². The van der Waals surface area contributed by atoms with E-state index < -0.39 is 0 Å². The van der Waals surface area contributed by atoms with E-state index in [4.69, 9.17) is 5.73 Å². The molecule has 1 heterocycles. The van der Waals surface area contributed by atoms with Crippen LogP contribution in [0.1, 0.15) is 51.1 Å². The third-order valence-corrected chi connectivity index (χ3v) is 5.49. The third kappa shape index (κ3) is 6.22. The molecule has 0 bridgehead atoms. The number of nitrogens with zero attached hydrogens (tertiary/aromatic N) is 2. The van der Waals surface area contributed by atoms with E-state index in [2.05, 4.69) is 6.92 Å². The molecule has 6 heteroatoms. The largest absolute Gasteiger partial charge is 0.346 e. The first-order valence-electron chi connectivity index (χ1n) is 9.80. The highest BCUT2D eigenvalue weighted by Crippen LogP contribution is 2.25. The van der Waals surface area contributed by atoms with Gasteiger partial charge in [0.15, 0.2) is 0 Å². The van der Waals surface area contributed by atoms with Crippen LogP contribution in [0, 0.1) is 11.8 Å². The number of unbranched alkanes of at least 4 members (excludes halogenated alkanes) is 1. The highest BCUT2D eigenvalue weighted by molar-refractivity contribution is 5.85. The van der Waals surface area contributed by atoms with Gasteiger partial charge >= 0.3 is 0 Å². The summed E-state index contributed by atoms with van der Waals surface area (Å²) in [6.07, 6.45) is 3.61. The van der Waals surface area contributed by atoms with Crippen LogP contribution >= 0.6 is 12.4 Å². The zero-order valence-corrected chi connectivity index (χ0v) is 17.6. The van der Waals surface area contributed by atoms with Crippen molar-refractivity contribution in [2.45, 2.75) is 45.6 Å². The van der Waals surface area contributed by atoms with Gasteiger partial charge in [0.05, 0.1) is 5.92 Å². The van der Waals surface area contributed by atoms with Crippen molar-refractivity contribution < 1.29 is 9.59 Å². The van der Waals surface area contributed by atoms with Gasteiger partial charge in [0.2, 0.25) is 11.8 Å². The molecule has 1 saturated heterocycles. The van der Waals surface area contributed by atoms with E-state index in [-0.39, 0.29) is 42.1 Å². The minimum absolute atomic E-state index is 0. The molecule has 5 nitrogen and oxygen atoms in total. The molecular weight excluding hydrogens is 362 g/mol. The maximum atomic E-state index is 12.8. The van der Waals surface area contributed by atoms with Crippen LogP contribution in [-0.2, 0) is 9.59 Å². The van der Waals surface area contributed by atoms with Gasteiger partial charge in [-0.05, 0) is 24.8 Å². The van der Waals surface area contributed by atoms with Crippen molar-refractivity contribution in [2.75, 3.05) is 26.7 Å². The van der Waals surface area contributed by atoms with E-state index in [1.54, 1.807) is 0 Å². The van der Waals surface area contributed by atoms with E-state index in [0.717, 1.165) is 37.8 Å². The molecule has 2 atom stereocenters. The van der Waals surface area contributed by atoms with E-state index >= 15 is 0 Å². The average Bonchev–Trinajstić information content (AvgIpc) is 2.70. The van der Waals surface area contributed by atoms with Crippen molar-refractivity contribution in [3.63, 3.8) is 0 Å². The maximum Gasteiger partial charge on any atom is 0.227 e. The van der Waals surface area contributed by atoms with Gasteiger partial charge in [0.25, 0.3) is 0 Å². The minimum Gasteiger partial charge on any atom is -0.346 e. The summed E-state index contributed by atoms with van der Waals surface area (Å²) >= 11 is 0. The summed E-state index contributed by atoms with van der Waals surface area (Å²) in [6.45, 7) is 6.13. The number of benzene rings is 1. The van der Waals surface area contributed by atoms with Crippen LogP contribution in [-0.4, -0.2) is 48.3 Å². The smallest absolute Gasteiger partial charge is 0.227 e. The van der Waals surface area contributed by atoms with E-state index in [0.29, 0.717) is 13.1 Å². The topological polar surface area (TPSA) is 66.6 Å². The molecule has 1 aliphatic heterocycles. The molecule has 1 fully saturated rings. The first-order valence-corrected chi connectivity index (χ1v) is 9.80. The number of hydrogen-bond donors (Lipinski definition) is 1. The Morgan fingerprint density at radius 1 is 1.22 bits per heavy atom. The van der Waals surface area contributed by atoms with E-state index in [1.165, 1.54) is 0 Å². The lowest BCUT2D eigenvalue weighted by atomic mass is 9.91. The zero-order chi connectivity index (χ0) is 19.1. The van der Waals surface area contributed by atoms with Crippen LogP contribution in [0.2, 0.25) is 0 Å². The second kappa shape index (κ2) is 11.3. The lowest BCUT2D eigenvalue weighted by molar-refractivity contribution is -0.142. The van der Waals surface area contributed by atoms with Crippen molar-refractivity contribution in [1.29, 1.82) is 0 Å². The van der Waals surface area contributed by atoms with Crippen molar-refractivity contribution in [3.8, 4) is 0 Å². The first kappa shape index (κ1) is 23.4. The molecule has 2 amide bonds. The Balaban J connectivity index is 0.00000364. The van der Waals surface area contributed by atoms with Crippen LogP contribution in [0.15, 0.2) is 30.3 Å². The van der Waals surface area contributed by atoms with E-state index in [9.17, 15) is 9.59 Å². The highest BCUT2D eigenvalue weighted by atomic mass is 35.5. The molecule has 1 aromatic carbocycles. The van der Waals surface area contributed by atoms with Crippen molar-refractivity contribution in [1.82, 2.24) is 9.80 Å². The Labute approximate surface area is 169 Å². The Morgan fingerprint density at radius 3 is 2.37 bits per heavy atom. The Bertz CT molecular complexity index is 588. The van der Waals surface area contributed by atoms with Gasteiger partial charge < -0.3 is 15.5 Å². The molecule has 0 spiro atoms. The van der Waals surface area contributed by atoms with Crippen molar-refractivity contribution in [3.05, 3.63) is 35.9 Å². The fraction of sp³-hybridized carbons (Fsp3) is 0.619. The molecule has 1 aromatic rings. The summed E-state index contributed by atoms with van der Waals surface area (Å²) in [4.78, 5) is 29.1. The SMILES string of the molecule is CCCCN(C)C(=O)C1CCN(C(=O)C(C)C(N)c2ccccc2)CC1.Cl. The monoisotopic (exact) mass is 395 g/mol. The predicted octanol–water partition coefficient (Wildman–Crippen LogP) is 3.24. The molecule has 2 rings (SSSR count). The van der Waals surface area contributed by atoms with Crippen LogP contribution in [0.5, 0.6) is 0 Å². The second-order valence-corrected chi connectivity index (χ2v) is 7.44. The number of piperidine rings is 1. The Morgan fingerprint density at radius 2 is 1.81 bits per heavy atom. The number of rotatable bonds is 7. The van der Waals surface area contributed by atoms with Crippen LogP contribution in [0.3, 0.4) is 0 Å². The molecule has 152 valence electrons. The van der Waals surface area contributed by atoms with Crippen molar-refractivity contribution in [2.24, 2.45) is 17.6 Å². The summed E-state index contributed by atoms with van der Waals surface area (Å²) in [6, 6.07) is 9.46. The normalized spacial score (nSPS) is 17.0. The molecule has 0 aromatic heterocycles. The summed E-state index contributed by atoms with van der Waals surface area (Å²) in [7, 11) is 1.89. The van der Waals surface area contributed by atoms with Gasteiger partial charge in [-0.2, -0.15) is 0 Å². The zero-order valence-electron chi connectivity index (χ0n) is 16.8. The summed E-state index contributed by atoms with van der Waals surface area (Å²) in [5.74, 6) is 0.0852. The predicted molar refractivity (Wildman–Crippen MR) is 112 cm³/mol. The lowest BCUT2D eigenvalue weighted by Crippen LogP contribution is -2.46. The molecular formula is C21H34ClN3O2. The van der Waals surface area contributed by atoms with E-state index in [1.807, 2.05) is 54.1 Å². The number of carbonyl (C=O) groups excluding carboxylic acids is 2. The Kier molecular flexibility index (Phi) is 9.81. The van der Waals surface area contributed by atoms with Gasteiger partial charge in [-0.1, -0.05) is 50.6 Å². The number of carbonyl (C=O) groups is 2. The van der Waals surface area contributed by atoms with Crippen LogP contribution < -0.4 is 5.73 Å². The van der Waals surface area contributed by atoms with Gasteiger partial charge in [0, 0.05) is 38.6 Å². The van der Waals surface area contributed by atoms with Crippen LogP contribution in [0.4, 0.5) is 0 Å². The summed E-state index contributed by atoms with van der Waals surface area (Å²) < 4.78 is 0. The van der Waals surface area contributed by atoms with Gasteiger partial charge in [-0.15, -0.1) is 12.4 Å². The molecule has 0 saturated carbocycles. The lowest BCUT2D eigenvalue weighted by Gasteiger charge is -2.35. The van der Waals surface area contributed by atoms with Gasteiger partial charge in [0.1, 0.15) is 0 Å². The van der Waals surface area contributed by atoms with Crippen molar-refractivity contribution >= 4 is 24.2 Å². The molecule has 2 N–H and O–H groups in total. The molecule has 0 aliphatic carbocycles. The third-order valence-electron chi connectivity index (χ3n) is 5.49.